The highest BCUT2D eigenvalue weighted by molar-refractivity contribution is 6.31. The molecule has 0 amide bonds. The summed E-state index contributed by atoms with van der Waals surface area (Å²) in [6, 6.07) is 12.4. The van der Waals surface area contributed by atoms with E-state index in [1.165, 1.54) is 6.07 Å². The monoisotopic (exact) mass is 303 g/mol. The first kappa shape index (κ1) is 14.1. The molecule has 1 aromatic heterocycles. The maximum atomic E-state index is 13.8. The van der Waals surface area contributed by atoms with Gasteiger partial charge in [0, 0.05) is 10.4 Å². The predicted molar refractivity (Wildman–Crippen MR) is 83.3 cm³/mol. The normalized spacial score (nSPS) is 12.8. The van der Waals surface area contributed by atoms with Crippen LogP contribution in [0.3, 0.4) is 0 Å². The quantitative estimate of drug-likeness (QED) is 0.749. The molecule has 2 aromatic carbocycles. The fraction of sp³-hybridized carbons (Fsp3) is 0.176. The average Bonchev–Trinajstić information content (AvgIpc) is 2.89. The number of hydrogen-bond donors (Lipinski definition) is 1. The largest absolute Gasteiger partial charge is 0.456 e. The van der Waals surface area contributed by atoms with Crippen LogP contribution in [0.4, 0.5) is 4.39 Å². The Labute approximate surface area is 127 Å². The summed E-state index contributed by atoms with van der Waals surface area (Å²) < 4.78 is 19.5. The van der Waals surface area contributed by atoms with Gasteiger partial charge in [0.15, 0.2) is 11.4 Å². The second-order valence-electron chi connectivity index (χ2n) is 5.04. The molecule has 108 valence electrons. The van der Waals surface area contributed by atoms with Gasteiger partial charge >= 0.3 is 0 Å². The second-order valence-corrected chi connectivity index (χ2v) is 5.44. The zero-order valence-corrected chi connectivity index (χ0v) is 12.5. The van der Waals surface area contributed by atoms with E-state index < -0.39 is 0 Å². The van der Waals surface area contributed by atoms with Crippen molar-refractivity contribution < 1.29 is 8.81 Å². The van der Waals surface area contributed by atoms with Crippen LogP contribution in [0, 0.1) is 12.7 Å². The molecule has 0 bridgehead atoms. The van der Waals surface area contributed by atoms with E-state index in [1.54, 1.807) is 6.07 Å². The molecule has 1 N–H and O–H groups in total. The molecule has 0 saturated carbocycles. The highest BCUT2D eigenvalue weighted by Crippen LogP contribution is 2.30. The number of para-hydroxylation sites is 1. The van der Waals surface area contributed by atoms with Crippen LogP contribution in [0.1, 0.15) is 22.9 Å². The maximum Gasteiger partial charge on any atom is 0.169 e. The third-order valence-corrected chi connectivity index (χ3v) is 4.03. The molecule has 3 rings (SSSR count). The Kier molecular flexibility index (Phi) is 3.70. The van der Waals surface area contributed by atoms with Gasteiger partial charge < -0.3 is 9.73 Å². The Morgan fingerprint density at radius 1 is 1.19 bits per heavy atom. The molecule has 3 aromatic rings. The van der Waals surface area contributed by atoms with Crippen LogP contribution >= 0.6 is 11.6 Å². The van der Waals surface area contributed by atoms with Crippen molar-refractivity contribution in [1.82, 2.24) is 5.32 Å². The van der Waals surface area contributed by atoms with Gasteiger partial charge in [0.1, 0.15) is 5.76 Å². The molecule has 1 atom stereocenters. The Balaban J connectivity index is 2.09. The van der Waals surface area contributed by atoms with E-state index in [1.807, 2.05) is 44.3 Å². The van der Waals surface area contributed by atoms with E-state index in [9.17, 15) is 4.39 Å². The lowest BCUT2D eigenvalue weighted by atomic mass is 10.0. The third kappa shape index (κ3) is 2.55. The molecule has 0 aliphatic heterocycles. The Bertz CT molecular complexity index is 797. The summed E-state index contributed by atoms with van der Waals surface area (Å²) in [5, 5.41) is 4.69. The number of furan rings is 1. The van der Waals surface area contributed by atoms with Crippen molar-refractivity contribution in [3.05, 3.63) is 70.2 Å². The topological polar surface area (TPSA) is 25.2 Å². The second kappa shape index (κ2) is 5.51. The van der Waals surface area contributed by atoms with Crippen molar-refractivity contribution in [2.45, 2.75) is 13.0 Å². The number of hydrogen-bond acceptors (Lipinski definition) is 2. The summed E-state index contributed by atoms with van der Waals surface area (Å²) in [6.07, 6.45) is 0. The molecular formula is C17H15ClFNO. The summed E-state index contributed by atoms with van der Waals surface area (Å²) in [6.45, 7) is 1.96. The lowest BCUT2D eigenvalue weighted by Gasteiger charge is -2.15. The molecule has 0 aliphatic rings. The van der Waals surface area contributed by atoms with Gasteiger partial charge in [-0.3, -0.25) is 0 Å². The van der Waals surface area contributed by atoms with Gasteiger partial charge in [0.05, 0.1) is 6.04 Å². The van der Waals surface area contributed by atoms with Crippen molar-refractivity contribution in [2.75, 3.05) is 7.05 Å². The van der Waals surface area contributed by atoms with Gasteiger partial charge in [-0.05, 0) is 43.3 Å². The van der Waals surface area contributed by atoms with Crippen LogP contribution in [0.15, 0.2) is 46.9 Å². The van der Waals surface area contributed by atoms with E-state index in [4.69, 9.17) is 16.0 Å². The number of halogens is 2. The molecule has 4 heteroatoms. The summed E-state index contributed by atoms with van der Waals surface area (Å²) >= 11 is 6.07. The standard InChI is InChI=1S/C17H15ClFNO/c1-10-8-11(6-7-13(10)18)16(20-2)15-9-12-4-3-5-14(19)17(12)21-15/h3-9,16,20H,1-2H3. The van der Waals surface area contributed by atoms with Gasteiger partial charge in [-0.1, -0.05) is 35.9 Å². The van der Waals surface area contributed by atoms with Crippen LogP contribution in [0.2, 0.25) is 5.02 Å². The van der Waals surface area contributed by atoms with E-state index in [2.05, 4.69) is 5.32 Å². The average molecular weight is 304 g/mol. The van der Waals surface area contributed by atoms with Crippen LogP contribution in [0.5, 0.6) is 0 Å². The fourth-order valence-corrected chi connectivity index (χ4v) is 2.63. The third-order valence-electron chi connectivity index (χ3n) is 3.60. The first-order chi connectivity index (χ1) is 10.1. The van der Waals surface area contributed by atoms with Crippen molar-refractivity contribution in [3.8, 4) is 0 Å². The van der Waals surface area contributed by atoms with Crippen molar-refractivity contribution >= 4 is 22.6 Å². The zero-order valence-electron chi connectivity index (χ0n) is 11.8. The zero-order chi connectivity index (χ0) is 15.0. The number of nitrogens with one attached hydrogen (secondary N) is 1. The molecule has 21 heavy (non-hydrogen) atoms. The number of rotatable bonds is 3. The van der Waals surface area contributed by atoms with Crippen LogP contribution in [0.25, 0.3) is 11.0 Å². The molecular weight excluding hydrogens is 289 g/mol. The first-order valence-electron chi connectivity index (χ1n) is 6.71. The number of aryl methyl sites for hydroxylation is 1. The molecule has 0 aliphatic carbocycles. The predicted octanol–water partition coefficient (Wildman–Crippen LogP) is 4.84. The smallest absolute Gasteiger partial charge is 0.169 e. The highest BCUT2D eigenvalue weighted by Gasteiger charge is 2.18. The summed E-state index contributed by atoms with van der Waals surface area (Å²) in [4.78, 5) is 0. The minimum Gasteiger partial charge on any atom is -0.456 e. The summed E-state index contributed by atoms with van der Waals surface area (Å²) in [5.41, 5.74) is 2.31. The molecule has 0 fully saturated rings. The minimum atomic E-state index is -0.346. The molecule has 0 radical (unpaired) electrons. The number of benzene rings is 2. The van der Waals surface area contributed by atoms with E-state index in [0.717, 1.165) is 21.5 Å². The lowest BCUT2D eigenvalue weighted by molar-refractivity contribution is 0.476. The van der Waals surface area contributed by atoms with Gasteiger partial charge in [-0.15, -0.1) is 0 Å². The SMILES string of the molecule is CNC(c1ccc(Cl)c(C)c1)c1cc2cccc(F)c2o1. The van der Waals surface area contributed by atoms with Crippen LogP contribution < -0.4 is 5.32 Å². The summed E-state index contributed by atoms with van der Waals surface area (Å²) in [7, 11) is 1.85. The summed E-state index contributed by atoms with van der Waals surface area (Å²) in [5.74, 6) is 0.334. The molecule has 2 nitrogen and oxygen atoms in total. The number of fused-ring (bicyclic) bond motifs is 1. The van der Waals surface area contributed by atoms with Gasteiger partial charge in [0.2, 0.25) is 0 Å². The van der Waals surface area contributed by atoms with Crippen molar-refractivity contribution in [3.63, 3.8) is 0 Å². The van der Waals surface area contributed by atoms with Crippen LogP contribution in [-0.4, -0.2) is 7.05 Å². The Hall–Kier alpha value is -1.84. The maximum absolute atomic E-state index is 13.8. The highest BCUT2D eigenvalue weighted by atomic mass is 35.5. The Morgan fingerprint density at radius 2 is 2.00 bits per heavy atom. The van der Waals surface area contributed by atoms with Crippen molar-refractivity contribution in [2.24, 2.45) is 0 Å². The first-order valence-corrected chi connectivity index (χ1v) is 7.09. The van der Waals surface area contributed by atoms with Gasteiger partial charge in [-0.2, -0.15) is 0 Å². The lowest BCUT2D eigenvalue weighted by Crippen LogP contribution is -2.17. The van der Waals surface area contributed by atoms with E-state index in [-0.39, 0.29) is 11.9 Å². The van der Waals surface area contributed by atoms with Gasteiger partial charge in [0.25, 0.3) is 0 Å². The molecule has 1 heterocycles. The van der Waals surface area contributed by atoms with Crippen molar-refractivity contribution in [1.29, 1.82) is 0 Å². The van der Waals surface area contributed by atoms with E-state index in [0.29, 0.717) is 11.3 Å². The molecule has 0 saturated heterocycles. The van der Waals surface area contributed by atoms with Gasteiger partial charge in [-0.25, -0.2) is 4.39 Å². The molecule has 0 spiro atoms. The van der Waals surface area contributed by atoms with Crippen LogP contribution in [-0.2, 0) is 0 Å². The molecule has 1 unspecified atom stereocenters. The fourth-order valence-electron chi connectivity index (χ4n) is 2.51. The van der Waals surface area contributed by atoms with E-state index >= 15 is 0 Å². The Morgan fingerprint density at radius 3 is 2.67 bits per heavy atom. The minimum absolute atomic E-state index is 0.146.